The molecular formula is C31H46N4O7. The molecule has 232 valence electrons. The van der Waals surface area contributed by atoms with Crippen LogP contribution in [0, 0.1) is 11.3 Å². The Morgan fingerprint density at radius 1 is 1.07 bits per heavy atom. The van der Waals surface area contributed by atoms with E-state index in [2.05, 4.69) is 10.6 Å². The van der Waals surface area contributed by atoms with Crippen molar-refractivity contribution < 1.29 is 33.8 Å². The van der Waals surface area contributed by atoms with Gasteiger partial charge in [0.15, 0.2) is 0 Å². The maximum Gasteiger partial charge on any atom is 0.410 e. The highest BCUT2D eigenvalue weighted by Crippen LogP contribution is 2.32. The molecule has 0 saturated carbocycles. The van der Waals surface area contributed by atoms with Crippen molar-refractivity contribution >= 4 is 29.8 Å². The number of nitrogens with one attached hydrogen (secondary N) is 2. The minimum absolute atomic E-state index is 0.0239. The van der Waals surface area contributed by atoms with Crippen LogP contribution in [0.1, 0.15) is 84.9 Å². The number of likely N-dealkylation sites (N-methyl/N-ethyl adjacent to an activating group) is 1. The van der Waals surface area contributed by atoms with Gasteiger partial charge in [-0.3, -0.25) is 24.1 Å². The number of aliphatic carboxylic acids is 1. The lowest BCUT2D eigenvalue weighted by atomic mass is 9.85. The van der Waals surface area contributed by atoms with Crippen molar-refractivity contribution in [2.24, 2.45) is 11.3 Å². The number of carbonyl (C=O) groups is 5. The second kappa shape index (κ2) is 12.7. The molecule has 3 N–H and O–H groups in total. The molecular weight excluding hydrogens is 540 g/mol. The van der Waals surface area contributed by atoms with E-state index >= 15 is 0 Å². The van der Waals surface area contributed by atoms with Crippen molar-refractivity contribution in [1.29, 1.82) is 0 Å². The lowest BCUT2D eigenvalue weighted by Crippen LogP contribution is -2.60. The SMILES string of the molecule is C[C@@H](C(=O)N[C@H](C(=O)N1C[C@@H](C(=O)O)C[C@H]1C(=O)NC1CCCc2ccccc21)C(C)(C)C)N(C)C(=O)OC(C)(C)C. The molecule has 1 aliphatic heterocycles. The zero-order chi connectivity index (χ0) is 31.6. The van der Waals surface area contributed by atoms with Gasteiger partial charge in [-0.05, 0) is 69.9 Å². The number of aryl methyl sites for hydroxylation is 1. The van der Waals surface area contributed by atoms with Crippen molar-refractivity contribution in [2.45, 2.75) is 104 Å². The number of rotatable bonds is 7. The van der Waals surface area contributed by atoms with Crippen LogP contribution >= 0.6 is 0 Å². The number of likely N-dealkylation sites (tertiary alicyclic amines) is 1. The molecule has 1 fully saturated rings. The van der Waals surface area contributed by atoms with Crippen molar-refractivity contribution in [2.75, 3.05) is 13.6 Å². The fourth-order valence-electron chi connectivity index (χ4n) is 5.42. The van der Waals surface area contributed by atoms with E-state index in [4.69, 9.17) is 4.74 Å². The highest BCUT2D eigenvalue weighted by molar-refractivity contribution is 5.95. The van der Waals surface area contributed by atoms with Crippen molar-refractivity contribution in [1.82, 2.24) is 20.4 Å². The Hall–Kier alpha value is -3.63. The summed E-state index contributed by atoms with van der Waals surface area (Å²) in [6.07, 6.45) is 1.86. The second-order valence-electron chi connectivity index (χ2n) is 13.5. The summed E-state index contributed by atoms with van der Waals surface area (Å²) in [6.45, 7) is 11.9. The number of carboxylic acids is 1. The van der Waals surface area contributed by atoms with Crippen LogP contribution in [0.25, 0.3) is 0 Å². The summed E-state index contributed by atoms with van der Waals surface area (Å²) in [4.78, 5) is 67.9. The summed E-state index contributed by atoms with van der Waals surface area (Å²) >= 11 is 0. The van der Waals surface area contributed by atoms with E-state index in [0.29, 0.717) is 0 Å². The van der Waals surface area contributed by atoms with Gasteiger partial charge >= 0.3 is 12.1 Å². The number of hydrogen-bond acceptors (Lipinski definition) is 6. The summed E-state index contributed by atoms with van der Waals surface area (Å²) < 4.78 is 5.36. The minimum Gasteiger partial charge on any atom is -0.481 e. The molecule has 0 spiro atoms. The molecule has 42 heavy (non-hydrogen) atoms. The van der Waals surface area contributed by atoms with Gasteiger partial charge in [-0.25, -0.2) is 4.79 Å². The summed E-state index contributed by atoms with van der Waals surface area (Å²) in [5.41, 5.74) is 0.655. The third-order valence-electron chi connectivity index (χ3n) is 7.96. The number of nitrogens with zero attached hydrogens (tertiary/aromatic N) is 2. The summed E-state index contributed by atoms with van der Waals surface area (Å²) in [5, 5.41) is 15.6. The molecule has 1 aliphatic carbocycles. The number of benzene rings is 1. The van der Waals surface area contributed by atoms with E-state index in [0.717, 1.165) is 35.3 Å². The molecule has 1 unspecified atom stereocenters. The normalized spacial score (nSPS) is 21.9. The molecule has 4 amide bonds. The van der Waals surface area contributed by atoms with Crippen LogP contribution in [0.4, 0.5) is 4.79 Å². The van der Waals surface area contributed by atoms with Crippen LogP contribution in [0.2, 0.25) is 0 Å². The molecule has 3 rings (SSSR count). The molecule has 0 radical (unpaired) electrons. The molecule has 1 heterocycles. The maximum atomic E-state index is 14.0. The van der Waals surface area contributed by atoms with Crippen LogP contribution in [-0.2, 0) is 30.3 Å². The Kier molecular flexibility index (Phi) is 9.95. The Bertz CT molecular complexity index is 1200. The first kappa shape index (κ1) is 32.9. The number of ether oxygens (including phenoxy) is 1. The Balaban J connectivity index is 1.81. The molecule has 0 bridgehead atoms. The van der Waals surface area contributed by atoms with Gasteiger partial charge in [0.25, 0.3) is 0 Å². The monoisotopic (exact) mass is 586 g/mol. The van der Waals surface area contributed by atoms with Gasteiger partial charge in [0.2, 0.25) is 17.7 Å². The van der Waals surface area contributed by atoms with E-state index in [-0.39, 0.29) is 19.0 Å². The van der Waals surface area contributed by atoms with Crippen molar-refractivity contribution in [3.63, 3.8) is 0 Å². The zero-order valence-corrected chi connectivity index (χ0v) is 26.0. The van der Waals surface area contributed by atoms with Gasteiger partial charge in [0, 0.05) is 13.6 Å². The Morgan fingerprint density at radius 3 is 2.31 bits per heavy atom. The molecule has 11 nitrogen and oxygen atoms in total. The van der Waals surface area contributed by atoms with E-state index in [9.17, 15) is 29.1 Å². The van der Waals surface area contributed by atoms with Crippen LogP contribution in [-0.4, -0.2) is 82.0 Å². The fraction of sp³-hybridized carbons (Fsp3) is 0.645. The summed E-state index contributed by atoms with van der Waals surface area (Å²) in [6, 6.07) is 4.63. The van der Waals surface area contributed by atoms with Gasteiger partial charge < -0.3 is 25.4 Å². The van der Waals surface area contributed by atoms with Gasteiger partial charge in [0.05, 0.1) is 12.0 Å². The number of carboxylic acid groups (broad SMARTS) is 1. The van der Waals surface area contributed by atoms with Crippen LogP contribution in [0.15, 0.2) is 24.3 Å². The third-order valence-corrected chi connectivity index (χ3v) is 7.96. The van der Waals surface area contributed by atoms with Crippen molar-refractivity contribution in [3.05, 3.63) is 35.4 Å². The summed E-state index contributed by atoms with van der Waals surface area (Å²) in [7, 11) is 1.44. The average molecular weight is 587 g/mol. The smallest absolute Gasteiger partial charge is 0.410 e. The Morgan fingerprint density at radius 2 is 1.71 bits per heavy atom. The van der Waals surface area contributed by atoms with Gasteiger partial charge in [-0.1, -0.05) is 45.0 Å². The van der Waals surface area contributed by atoms with Crippen LogP contribution in [0.5, 0.6) is 0 Å². The van der Waals surface area contributed by atoms with Crippen LogP contribution in [0.3, 0.4) is 0 Å². The standard InChI is InChI=1S/C31H46N4O7/c1-18(34(8)29(41)42-31(5,6)7)25(36)33-24(30(2,3)4)27(38)35-17-20(28(39)40)16-23(35)26(37)32-22-15-11-13-19-12-9-10-14-21(19)22/h9-10,12,14,18,20,22-24H,11,13,15-17H2,1-8H3,(H,32,37)(H,33,36)(H,39,40)/t18-,20-,22?,23-,24+/m0/s1. The largest absolute Gasteiger partial charge is 0.481 e. The highest BCUT2D eigenvalue weighted by atomic mass is 16.6. The van der Waals surface area contributed by atoms with Gasteiger partial charge in [-0.2, -0.15) is 0 Å². The number of hydrogen-bond donors (Lipinski definition) is 3. The van der Waals surface area contributed by atoms with Crippen molar-refractivity contribution in [3.8, 4) is 0 Å². The molecule has 1 aromatic carbocycles. The van der Waals surface area contributed by atoms with Gasteiger partial charge in [0.1, 0.15) is 23.7 Å². The second-order valence-corrected chi connectivity index (χ2v) is 13.5. The van der Waals surface area contributed by atoms with Crippen LogP contribution < -0.4 is 10.6 Å². The molecule has 1 aromatic rings. The topological polar surface area (TPSA) is 145 Å². The lowest BCUT2D eigenvalue weighted by Gasteiger charge is -2.37. The molecule has 0 aromatic heterocycles. The first-order valence-corrected chi connectivity index (χ1v) is 14.6. The number of carbonyl (C=O) groups excluding carboxylic acids is 4. The molecule has 2 aliphatic rings. The van der Waals surface area contributed by atoms with E-state index in [1.165, 1.54) is 18.9 Å². The third kappa shape index (κ3) is 7.80. The van der Waals surface area contributed by atoms with E-state index < -0.39 is 64.8 Å². The fourth-order valence-corrected chi connectivity index (χ4v) is 5.42. The maximum absolute atomic E-state index is 14.0. The molecule has 5 atom stereocenters. The molecule has 1 saturated heterocycles. The Labute approximate surface area is 248 Å². The predicted octanol–water partition coefficient (Wildman–Crippen LogP) is 3.27. The highest BCUT2D eigenvalue weighted by Gasteiger charge is 2.47. The van der Waals surface area contributed by atoms with E-state index in [1.807, 2.05) is 24.3 Å². The first-order valence-electron chi connectivity index (χ1n) is 14.6. The minimum atomic E-state index is -1.09. The molecule has 11 heteroatoms. The number of fused-ring (bicyclic) bond motifs is 1. The first-order chi connectivity index (χ1) is 19.4. The number of amides is 4. The van der Waals surface area contributed by atoms with E-state index in [1.54, 1.807) is 41.5 Å². The zero-order valence-electron chi connectivity index (χ0n) is 26.0. The summed E-state index contributed by atoms with van der Waals surface area (Å²) in [5.74, 6) is -3.54. The average Bonchev–Trinajstić information content (AvgIpc) is 3.35. The lowest BCUT2D eigenvalue weighted by molar-refractivity contribution is -0.145. The van der Waals surface area contributed by atoms with Gasteiger partial charge in [-0.15, -0.1) is 0 Å². The quantitative estimate of drug-likeness (QED) is 0.445. The predicted molar refractivity (Wildman–Crippen MR) is 156 cm³/mol.